The fraction of sp³-hybridized carbons (Fsp3) is 0.222. The van der Waals surface area contributed by atoms with Gasteiger partial charge in [-0.3, -0.25) is 9.36 Å². The minimum atomic E-state index is -0.0188. The minimum Gasteiger partial charge on any atom is -0.350 e. The van der Waals surface area contributed by atoms with Crippen LogP contribution in [0.15, 0.2) is 84.0 Å². The Hall–Kier alpha value is -2.80. The number of nitrogens with zero attached hydrogens (tertiary/aromatic N) is 3. The summed E-state index contributed by atoms with van der Waals surface area (Å²) in [6.07, 6.45) is 1.80. The monoisotopic (exact) mass is 524 g/mol. The number of nitrogens with one attached hydrogen (secondary N) is 1. The Bertz CT molecular complexity index is 1260. The summed E-state index contributed by atoms with van der Waals surface area (Å²) >= 11 is 14.0. The van der Waals surface area contributed by atoms with Gasteiger partial charge in [-0.25, -0.2) is 0 Å². The zero-order valence-electron chi connectivity index (χ0n) is 19.3. The van der Waals surface area contributed by atoms with Gasteiger partial charge >= 0.3 is 0 Å². The normalized spacial score (nSPS) is 11.9. The van der Waals surface area contributed by atoms with E-state index in [1.807, 2.05) is 72.2 Å². The van der Waals surface area contributed by atoms with Crippen molar-refractivity contribution in [1.82, 2.24) is 20.1 Å². The fourth-order valence-corrected chi connectivity index (χ4v) is 4.91. The number of amides is 1. The molecule has 0 saturated carbocycles. The van der Waals surface area contributed by atoms with E-state index >= 15 is 0 Å². The van der Waals surface area contributed by atoms with E-state index in [9.17, 15) is 4.79 Å². The number of thioether (sulfide) groups is 1. The minimum absolute atomic E-state index is 0.0188. The highest BCUT2D eigenvalue weighted by Crippen LogP contribution is 2.29. The van der Waals surface area contributed by atoms with Crippen molar-refractivity contribution >= 4 is 40.9 Å². The Morgan fingerprint density at radius 2 is 1.69 bits per heavy atom. The lowest BCUT2D eigenvalue weighted by molar-refractivity contribution is -0.121. The topological polar surface area (TPSA) is 59.8 Å². The fourth-order valence-electron chi connectivity index (χ4n) is 3.71. The quantitative estimate of drug-likeness (QED) is 0.181. The number of benzene rings is 3. The van der Waals surface area contributed by atoms with Gasteiger partial charge in [0.1, 0.15) is 5.82 Å². The summed E-state index contributed by atoms with van der Waals surface area (Å²) in [6, 6.07) is 25.6. The van der Waals surface area contributed by atoms with Gasteiger partial charge in [-0.1, -0.05) is 95.6 Å². The smallest absolute Gasteiger partial charge is 0.220 e. The Balaban J connectivity index is 1.41. The van der Waals surface area contributed by atoms with Gasteiger partial charge in [0.25, 0.3) is 0 Å². The Kier molecular flexibility index (Phi) is 8.85. The average Bonchev–Trinajstić information content (AvgIpc) is 3.26. The van der Waals surface area contributed by atoms with E-state index in [1.54, 1.807) is 17.8 Å². The maximum Gasteiger partial charge on any atom is 0.220 e. The van der Waals surface area contributed by atoms with Crippen molar-refractivity contribution in [1.29, 1.82) is 0 Å². The predicted octanol–water partition coefficient (Wildman–Crippen LogP) is 6.91. The highest BCUT2D eigenvalue weighted by molar-refractivity contribution is 7.99. The maximum atomic E-state index is 12.4. The summed E-state index contributed by atoms with van der Waals surface area (Å²) in [5.74, 6) is 1.59. The average molecular weight is 526 g/mol. The molecule has 180 valence electrons. The van der Waals surface area contributed by atoms with Crippen LogP contribution in [-0.4, -0.2) is 26.4 Å². The molecule has 1 unspecified atom stereocenters. The van der Waals surface area contributed by atoms with Crippen LogP contribution in [0.2, 0.25) is 10.0 Å². The van der Waals surface area contributed by atoms with Crippen LogP contribution in [0.5, 0.6) is 0 Å². The zero-order chi connectivity index (χ0) is 24.6. The number of carbonyl (C=O) groups is 1. The first-order valence-electron chi connectivity index (χ1n) is 11.4. The van der Waals surface area contributed by atoms with Crippen molar-refractivity contribution in [2.75, 3.05) is 5.75 Å². The molecule has 5 nitrogen and oxygen atoms in total. The molecule has 0 radical (unpaired) electrons. The van der Waals surface area contributed by atoms with Gasteiger partial charge in [0.2, 0.25) is 5.91 Å². The molecule has 0 fully saturated rings. The number of hydrogen-bond acceptors (Lipinski definition) is 4. The van der Waals surface area contributed by atoms with Gasteiger partial charge in [0.05, 0.1) is 21.8 Å². The lowest BCUT2D eigenvalue weighted by atomic mass is 10.1. The van der Waals surface area contributed by atoms with Crippen LogP contribution in [0.3, 0.4) is 0 Å². The van der Waals surface area contributed by atoms with E-state index in [-0.39, 0.29) is 11.9 Å². The van der Waals surface area contributed by atoms with Gasteiger partial charge in [0, 0.05) is 18.6 Å². The summed E-state index contributed by atoms with van der Waals surface area (Å²) in [7, 11) is 0. The molecule has 1 atom stereocenters. The third-order valence-electron chi connectivity index (χ3n) is 5.52. The molecule has 4 rings (SSSR count). The molecule has 4 aromatic rings. The highest BCUT2D eigenvalue weighted by Gasteiger charge is 2.16. The molecule has 0 aliphatic heterocycles. The molecule has 8 heteroatoms. The first kappa shape index (κ1) is 25.3. The standard InChI is InChI=1S/C27H26Cl2N4OS/c1-19(21-11-6-3-7-12-21)30-26(34)13-8-16-35-27-32-31-25(17-20-9-4-2-5-10-20)33(27)22-14-15-23(28)24(29)18-22/h2-7,9-12,14-15,18-19H,8,13,16-17H2,1H3,(H,30,34). The van der Waals surface area contributed by atoms with Gasteiger partial charge in [0.15, 0.2) is 5.16 Å². The van der Waals surface area contributed by atoms with Gasteiger partial charge in [-0.15, -0.1) is 10.2 Å². The molecule has 1 aromatic heterocycles. The van der Waals surface area contributed by atoms with Crippen molar-refractivity contribution in [3.05, 3.63) is 106 Å². The number of rotatable bonds is 10. The molecule has 1 heterocycles. The SMILES string of the molecule is CC(NC(=O)CCCSc1nnc(Cc2ccccc2)n1-c1ccc(Cl)c(Cl)c1)c1ccccc1. The lowest BCUT2D eigenvalue weighted by Crippen LogP contribution is -2.26. The first-order chi connectivity index (χ1) is 17.0. The maximum absolute atomic E-state index is 12.4. The lowest BCUT2D eigenvalue weighted by Gasteiger charge is -2.14. The second kappa shape index (κ2) is 12.2. The van der Waals surface area contributed by atoms with Crippen molar-refractivity contribution in [2.45, 2.75) is 37.4 Å². The number of hydrogen-bond donors (Lipinski definition) is 1. The third-order valence-corrected chi connectivity index (χ3v) is 7.28. The molecule has 0 aliphatic carbocycles. The van der Waals surface area contributed by atoms with Gasteiger partial charge in [-0.05, 0) is 42.7 Å². The second-order valence-electron chi connectivity index (χ2n) is 8.15. The number of halogens is 2. The molecule has 3 aromatic carbocycles. The third kappa shape index (κ3) is 6.88. The Morgan fingerprint density at radius 3 is 2.40 bits per heavy atom. The number of aromatic nitrogens is 3. The molecular formula is C27H26Cl2N4OS. The molecule has 0 saturated heterocycles. The summed E-state index contributed by atoms with van der Waals surface area (Å²) in [6.45, 7) is 2.00. The molecule has 0 bridgehead atoms. The van der Waals surface area contributed by atoms with Gasteiger partial charge < -0.3 is 5.32 Å². The van der Waals surface area contributed by atoms with Crippen LogP contribution < -0.4 is 5.32 Å². The van der Waals surface area contributed by atoms with Crippen molar-refractivity contribution in [3.8, 4) is 5.69 Å². The predicted molar refractivity (Wildman–Crippen MR) is 144 cm³/mol. The Morgan fingerprint density at radius 1 is 0.971 bits per heavy atom. The van der Waals surface area contributed by atoms with E-state index in [4.69, 9.17) is 23.2 Å². The molecule has 0 aliphatic rings. The van der Waals surface area contributed by atoms with E-state index in [2.05, 4.69) is 27.6 Å². The van der Waals surface area contributed by atoms with E-state index in [0.717, 1.165) is 40.0 Å². The summed E-state index contributed by atoms with van der Waals surface area (Å²) < 4.78 is 2.01. The van der Waals surface area contributed by atoms with Crippen LogP contribution in [0.4, 0.5) is 0 Å². The molecule has 35 heavy (non-hydrogen) atoms. The largest absolute Gasteiger partial charge is 0.350 e. The highest BCUT2D eigenvalue weighted by atomic mass is 35.5. The first-order valence-corrected chi connectivity index (χ1v) is 13.2. The van der Waals surface area contributed by atoms with Gasteiger partial charge in [-0.2, -0.15) is 0 Å². The molecule has 1 amide bonds. The summed E-state index contributed by atoms with van der Waals surface area (Å²) in [5, 5.41) is 13.7. The summed E-state index contributed by atoms with van der Waals surface area (Å²) in [5.41, 5.74) is 3.09. The Labute approximate surface area is 219 Å². The summed E-state index contributed by atoms with van der Waals surface area (Å²) in [4.78, 5) is 12.4. The molecule has 0 spiro atoms. The van der Waals surface area contributed by atoms with E-state index in [1.165, 1.54) is 0 Å². The van der Waals surface area contributed by atoms with E-state index in [0.29, 0.717) is 22.9 Å². The second-order valence-corrected chi connectivity index (χ2v) is 10.0. The number of carbonyl (C=O) groups excluding carboxylic acids is 1. The van der Waals surface area contributed by atoms with Crippen molar-refractivity contribution < 1.29 is 4.79 Å². The van der Waals surface area contributed by atoms with Crippen LogP contribution in [0.1, 0.15) is 42.8 Å². The van der Waals surface area contributed by atoms with Crippen LogP contribution in [0, 0.1) is 0 Å². The van der Waals surface area contributed by atoms with Crippen molar-refractivity contribution in [2.24, 2.45) is 0 Å². The van der Waals surface area contributed by atoms with E-state index < -0.39 is 0 Å². The zero-order valence-corrected chi connectivity index (χ0v) is 21.7. The van der Waals surface area contributed by atoms with Crippen LogP contribution in [0.25, 0.3) is 5.69 Å². The van der Waals surface area contributed by atoms with Crippen LogP contribution in [-0.2, 0) is 11.2 Å². The van der Waals surface area contributed by atoms with Crippen LogP contribution >= 0.6 is 35.0 Å². The molecular weight excluding hydrogens is 499 g/mol. The molecule has 1 N–H and O–H groups in total. The van der Waals surface area contributed by atoms with Crippen molar-refractivity contribution in [3.63, 3.8) is 0 Å².